The number of benzene rings is 2. The molecule has 0 aliphatic rings. The molecule has 0 spiro atoms. The molecule has 1 aromatic heterocycles. The Morgan fingerprint density at radius 3 is 2.33 bits per heavy atom. The first kappa shape index (κ1) is 13.8. The van der Waals surface area contributed by atoms with E-state index in [2.05, 4.69) is 35.4 Å². The summed E-state index contributed by atoms with van der Waals surface area (Å²) >= 11 is 1.64. The van der Waals surface area contributed by atoms with E-state index >= 15 is 0 Å². The molecular formula is C17H16N2OS. The van der Waals surface area contributed by atoms with Gasteiger partial charge >= 0.3 is 0 Å². The van der Waals surface area contributed by atoms with Gasteiger partial charge in [0.15, 0.2) is 0 Å². The minimum absolute atomic E-state index is 0.856. The quantitative estimate of drug-likeness (QED) is 0.673. The minimum atomic E-state index is 0.856. The lowest BCUT2D eigenvalue weighted by Gasteiger charge is -2.08. The van der Waals surface area contributed by atoms with Crippen molar-refractivity contribution in [2.45, 2.75) is 5.03 Å². The third-order valence-corrected chi connectivity index (χ3v) is 3.90. The van der Waals surface area contributed by atoms with Crippen LogP contribution >= 0.6 is 11.8 Å². The van der Waals surface area contributed by atoms with E-state index < -0.39 is 0 Å². The Labute approximate surface area is 128 Å². The van der Waals surface area contributed by atoms with Gasteiger partial charge in [0.2, 0.25) is 0 Å². The van der Waals surface area contributed by atoms with Crippen LogP contribution in [0, 0.1) is 0 Å². The van der Waals surface area contributed by atoms with Crippen LogP contribution in [0.1, 0.15) is 0 Å². The lowest BCUT2D eigenvalue weighted by Crippen LogP contribution is -1.98. The van der Waals surface area contributed by atoms with E-state index in [1.807, 2.05) is 41.3 Å². The van der Waals surface area contributed by atoms with Gasteiger partial charge in [-0.2, -0.15) is 5.10 Å². The van der Waals surface area contributed by atoms with Gasteiger partial charge < -0.3 is 4.74 Å². The SMILES string of the molecule is COc1ccc(-c2cc(SC)nn2-c2ccccc2)cc1. The lowest BCUT2D eigenvalue weighted by molar-refractivity contribution is 0.415. The molecule has 0 fully saturated rings. The second-order valence-corrected chi connectivity index (χ2v) is 5.37. The molecule has 3 nitrogen and oxygen atoms in total. The molecule has 0 radical (unpaired) electrons. The summed E-state index contributed by atoms with van der Waals surface area (Å²) in [5, 5.41) is 5.67. The van der Waals surface area contributed by atoms with Crippen molar-refractivity contribution in [3.05, 3.63) is 60.7 Å². The molecule has 0 unspecified atom stereocenters. The van der Waals surface area contributed by atoms with Crippen molar-refractivity contribution in [2.24, 2.45) is 0 Å². The number of ether oxygens (including phenoxy) is 1. The van der Waals surface area contributed by atoms with Crippen LogP contribution in [0.15, 0.2) is 65.7 Å². The third-order valence-electron chi connectivity index (χ3n) is 3.28. The van der Waals surface area contributed by atoms with E-state index in [0.717, 1.165) is 27.7 Å². The van der Waals surface area contributed by atoms with Crippen LogP contribution in [-0.4, -0.2) is 23.1 Å². The predicted molar refractivity (Wildman–Crippen MR) is 87.3 cm³/mol. The molecule has 3 aromatic rings. The predicted octanol–water partition coefficient (Wildman–Crippen LogP) is 4.27. The van der Waals surface area contributed by atoms with Crippen molar-refractivity contribution in [2.75, 3.05) is 13.4 Å². The summed E-state index contributed by atoms with van der Waals surface area (Å²) in [5.74, 6) is 0.856. The van der Waals surface area contributed by atoms with E-state index in [1.165, 1.54) is 0 Å². The fourth-order valence-corrected chi connectivity index (χ4v) is 2.59. The lowest BCUT2D eigenvalue weighted by atomic mass is 10.1. The number of hydrogen-bond acceptors (Lipinski definition) is 3. The van der Waals surface area contributed by atoms with Crippen LogP contribution in [0.4, 0.5) is 0 Å². The Bertz CT molecular complexity index is 720. The van der Waals surface area contributed by atoms with Gasteiger partial charge in [-0.05, 0) is 48.7 Å². The summed E-state index contributed by atoms with van der Waals surface area (Å²) in [6.07, 6.45) is 2.04. The van der Waals surface area contributed by atoms with Gasteiger partial charge in [0.25, 0.3) is 0 Å². The smallest absolute Gasteiger partial charge is 0.119 e. The van der Waals surface area contributed by atoms with Crippen molar-refractivity contribution < 1.29 is 4.74 Å². The van der Waals surface area contributed by atoms with Gasteiger partial charge in [-0.1, -0.05) is 18.2 Å². The number of rotatable bonds is 4. The monoisotopic (exact) mass is 296 g/mol. The standard InChI is InChI=1S/C17H16N2OS/c1-20-15-10-8-13(9-11-15)16-12-17(21-2)18-19(16)14-6-4-3-5-7-14/h3-12H,1-2H3. The van der Waals surface area contributed by atoms with Crippen LogP contribution in [0.3, 0.4) is 0 Å². The van der Waals surface area contributed by atoms with Crippen LogP contribution in [0.5, 0.6) is 5.75 Å². The van der Waals surface area contributed by atoms with Crippen LogP contribution in [-0.2, 0) is 0 Å². The Kier molecular flexibility index (Phi) is 3.97. The maximum absolute atomic E-state index is 5.22. The van der Waals surface area contributed by atoms with Crippen LogP contribution < -0.4 is 4.74 Å². The number of methoxy groups -OCH3 is 1. The number of aromatic nitrogens is 2. The highest BCUT2D eigenvalue weighted by Crippen LogP contribution is 2.28. The molecule has 4 heteroatoms. The molecule has 21 heavy (non-hydrogen) atoms. The molecule has 0 saturated carbocycles. The van der Waals surface area contributed by atoms with Gasteiger partial charge in [-0.15, -0.1) is 11.8 Å². The molecule has 0 aliphatic heterocycles. The number of nitrogens with zero attached hydrogens (tertiary/aromatic N) is 2. The zero-order chi connectivity index (χ0) is 14.7. The first-order valence-electron chi connectivity index (χ1n) is 6.65. The highest BCUT2D eigenvalue weighted by atomic mass is 32.2. The average Bonchev–Trinajstić information content (AvgIpc) is 3.00. The largest absolute Gasteiger partial charge is 0.497 e. The molecule has 0 amide bonds. The molecular weight excluding hydrogens is 280 g/mol. The first-order valence-corrected chi connectivity index (χ1v) is 7.88. The van der Waals surface area contributed by atoms with E-state index in [-0.39, 0.29) is 0 Å². The summed E-state index contributed by atoms with van der Waals surface area (Å²) < 4.78 is 7.20. The van der Waals surface area contributed by atoms with Crippen molar-refractivity contribution in [1.82, 2.24) is 9.78 Å². The average molecular weight is 296 g/mol. The zero-order valence-electron chi connectivity index (χ0n) is 12.0. The van der Waals surface area contributed by atoms with Crippen molar-refractivity contribution in [3.63, 3.8) is 0 Å². The fourth-order valence-electron chi connectivity index (χ4n) is 2.19. The summed E-state index contributed by atoms with van der Waals surface area (Å²) in [6.45, 7) is 0. The highest BCUT2D eigenvalue weighted by Gasteiger charge is 2.11. The normalized spacial score (nSPS) is 10.6. The van der Waals surface area contributed by atoms with Gasteiger partial charge in [0, 0.05) is 5.56 Å². The Balaban J connectivity index is 2.10. The molecule has 0 N–H and O–H groups in total. The molecule has 3 rings (SSSR count). The Morgan fingerprint density at radius 1 is 1.00 bits per heavy atom. The summed E-state index contributed by atoms with van der Waals surface area (Å²) in [5.41, 5.74) is 3.25. The summed E-state index contributed by atoms with van der Waals surface area (Å²) in [4.78, 5) is 0. The second-order valence-electron chi connectivity index (χ2n) is 4.55. The molecule has 0 aliphatic carbocycles. The van der Waals surface area contributed by atoms with Gasteiger partial charge in [-0.3, -0.25) is 0 Å². The molecule has 1 heterocycles. The zero-order valence-corrected chi connectivity index (χ0v) is 12.8. The van der Waals surface area contributed by atoms with Crippen LogP contribution in [0.2, 0.25) is 0 Å². The Hall–Kier alpha value is -2.20. The summed E-state index contributed by atoms with van der Waals surface area (Å²) in [7, 11) is 1.68. The molecule has 0 bridgehead atoms. The number of thioether (sulfide) groups is 1. The van der Waals surface area contributed by atoms with Gasteiger partial charge in [0.05, 0.1) is 18.5 Å². The maximum atomic E-state index is 5.22. The van der Waals surface area contributed by atoms with Crippen molar-refractivity contribution in [1.29, 1.82) is 0 Å². The first-order chi connectivity index (χ1) is 10.3. The summed E-state index contributed by atoms with van der Waals surface area (Å²) in [6, 6.07) is 20.3. The topological polar surface area (TPSA) is 27.1 Å². The van der Waals surface area contributed by atoms with E-state index in [1.54, 1.807) is 18.9 Å². The number of para-hydroxylation sites is 1. The molecule has 0 saturated heterocycles. The minimum Gasteiger partial charge on any atom is -0.497 e. The molecule has 2 aromatic carbocycles. The van der Waals surface area contributed by atoms with E-state index in [9.17, 15) is 0 Å². The maximum Gasteiger partial charge on any atom is 0.119 e. The molecule has 0 atom stereocenters. The van der Waals surface area contributed by atoms with Crippen LogP contribution in [0.25, 0.3) is 16.9 Å². The van der Waals surface area contributed by atoms with Gasteiger partial charge in [0.1, 0.15) is 10.8 Å². The second kappa shape index (κ2) is 6.06. The number of hydrogen-bond donors (Lipinski definition) is 0. The highest BCUT2D eigenvalue weighted by molar-refractivity contribution is 7.98. The van der Waals surface area contributed by atoms with Gasteiger partial charge in [-0.25, -0.2) is 4.68 Å². The van der Waals surface area contributed by atoms with E-state index in [4.69, 9.17) is 4.74 Å². The van der Waals surface area contributed by atoms with E-state index in [0.29, 0.717) is 0 Å². The fraction of sp³-hybridized carbons (Fsp3) is 0.118. The van der Waals surface area contributed by atoms with Crippen molar-refractivity contribution in [3.8, 4) is 22.7 Å². The third kappa shape index (κ3) is 2.81. The molecule has 106 valence electrons. The Morgan fingerprint density at radius 2 is 1.71 bits per heavy atom. The van der Waals surface area contributed by atoms with Crippen molar-refractivity contribution >= 4 is 11.8 Å².